The maximum absolute atomic E-state index is 13.5. The van der Waals surface area contributed by atoms with E-state index in [1.54, 1.807) is 0 Å². The van der Waals surface area contributed by atoms with Crippen molar-refractivity contribution in [3.05, 3.63) is 109 Å². The molecule has 69 heavy (non-hydrogen) atoms. The van der Waals surface area contributed by atoms with E-state index in [4.69, 9.17) is 13.8 Å². The number of phosphoric ester groups is 1. The summed E-state index contributed by atoms with van der Waals surface area (Å²) in [6.45, 7) is 6.68. The Bertz CT molecular complexity index is 1550. The van der Waals surface area contributed by atoms with Crippen LogP contribution in [0, 0.1) is 0 Å². The first-order valence-electron chi connectivity index (χ1n) is 27.2. The summed E-state index contributed by atoms with van der Waals surface area (Å²) in [4.78, 5) is 37.5. The molecule has 0 aromatic rings. The number of nitrogens with one attached hydrogen (secondary N) is 1. The van der Waals surface area contributed by atoms with Gasteiger partial charge in [-0.15, -0.1) is 0 Å². The van der Waals surface area contributed by atoms with Crippen molar-refractivity contribution in [2.24, 2.45) is 0 Å². The SMILES string of the molecule is CC/C=C\C/C=C\C/C=C\C/C=C\C/C=C\CCCC(=O)OC(/C=C/CCCCCCCCCCCCC)C(COP(=O)(O)OCC[N+](C)(C)C)NC(=O)CCCCCCC\C=C/C=C/C=C/CC. The minimum Gasteiger partial charge on any atom is -0.456 e. The molecular weight excluding hydrogens is 880 g/mol. The first-order valence-corrected chi connectivity index (χ1v) is 28.7. The number of amides is 1. The highest BCUT2D eigenvalue weighted by molar-refractivity contribution is 7.47. The fraction of sp³-hybridized carbons (Fsp3) is 0.661. The Kier molecular flexibility index (Phi) is 46.0. The Morgan fingerprint density at radius 1 is 0.536 bits per heavy atom. The topological polar surface area (TPSA) is 111 Å². The zero-order valence-electron chi connectivity index (χ0n) is 44.8. The normalized spacial score (nSPS) is 14.7. The van der Waals surface area contributed by atoms with Crippen LogP contribution in [0.2, 0.25) is 0 Å². The second-order valence-electron chi connectivity index (χ2n) is 19.0. The minimum absolute atomic E-state index is 0.0213. The van der Waals surface area contributed by atoms with Crippen molar-refractivity contribution in [2.75, 3.05) is 40.9 Å². The smallest absolute Gasteiger partial charge is 0.456 e. The van der Waals surface area contributed by atoms with Crippen LogP contribution < -0.4 is 5.32 Å². The van der Waals surface area contributed by atoms with Gasteiger partial charge in [0, 0.05) is 12.8 Å². The molecule has 0 aliphatic heterocycles. The van der Waals surface area contributed by atoms with Gasteiger partial charge in [-0.25, -0.2) is 4.57 Å². The highest BCUT2D eigenvalue weighted by atomic mass is 31.2. The van der Waals surface area contributed by atoms with E-state index in [1.165, 1.54) is 57.8 Å². The molecule has 0 saturated carbocycles. The number of hydrogen-bond donors (Lipinski definition) is 2. The first-order chi connectivity index (χ1) is 33.4. The van der Waals surface area contributed by atoms with E-state index in [0.717, 1.165) is 96.3 Å². The number of phosphoric acid groups is 1. The van der Waals surface area contributed by atoms with Crippen molar-refractivity contribution >= 4 is 19.7 Å². The summed E-state index contributed by atoms with van der Waals surface area (Å²) < 4.78 is 30.5. The van der Waals surface area contributed by atoms with E-state index in [-0.39, 0.29) is 25.5 Å². The highest BCUT2D eigenvalue weighted by Gasteiger charge is 2.30. The van der Waals surface area contributed by atoms with Gasteiger partial charge in [-0.2, -0.15) is 0 Å². The summed E-state index contributed by atoms with van der Waals surface area (Å²) in [7, 11) is 1.43. The van der Waals surface area contributed by atoms with Crippen molar-refractivity contribution in [2.45, 2.75) is 213 Å². The Morgan fingerprint density at radius 3 is 1.57 bits per heavy atom. The van der Waals surface area contributed by atoms with Crippen molar-refractivity contribution in [3.63, 3.8) is 0 Å². The molecule has 3 unspecified atom stereocenters. The summed E-state index contributed by atoms with van der Waals surface area (Å²) in [5.74, 6) is -0.608. The van der Waals surface area contributed by atoms with Gasteiger partial charge in [0.05, 0.1) is 33.8 Å². The van der Waals surface area contributed by atoms with E-state index < -0.39 is 25.9 Å². The van der Waals surface area contributed by atoms with E-state index in [2.05, 4.69) is 117 Å². The van der Waals surface area contributed by atoms with Crippen LogP contribution in [-0.4, -0.2) is 74.3 Å². The van der Waals surface area contributed by atoms with Crippen LogP contribution >= 0.6 is 7.82 Å². The van der Waals surface area contributed by atoms with Crippen LogP contribution in [-0.2, 0) is 27.9 Å². The molecule has 0 spiro atoms. The second kappa shape index (κ2) is 48.3. The third kappa shape index (κ3) is 49.4. The molecule has 0 saturated heterocycles. The van der Waals surface area contributed by atoms with Gasteiger partial charge in [0.15, 0.2) is 0 Å². The molecule has 10 heteroatoms. The number of rotatable bonds is 47. The average Bonchev–Trinajstić information content (AvgIpc) is 3.31. The van der Waals surface area contributed by atoms with Gasteiger partial charge >= 0.3 is 13.8 Å². The van der Waals surface area contributed by atoms with Crippen LogP contribution in [0.3, 0.4) is 0 Å². The maximum Gasteiger partial charge on any atom is 0.472 e. The lowest BCUT2D eigenvalue weighted by molar-refractivity contribution is -0.870. The summed E-state index contributed by atoms with van der Waals surface area (Å²) in [6.07, 6.45) is 65.2. The number of likely N-dealkylation sites (N-methyl/N-ethyl adjacent to an activating group) is 1. The summed E-state index contributed by atoms with van der Waals surface area (Å²) in [5, 5.41) is 3.01. The number of ether oxygens (including phenoxy) is 1. The van der Waals surface area contributed by atoms with Gasteiger partial charge in [-0.1, -0.05) is 208 Å². The monoisotopic (exact) mass is 982 g/mol. The van der Waals surface area contributed by atoms with Crippen molar-refractivity contribution in [1.82, 2.24) is 5.32 Å². The largest absolute Gasteiger partial charge is 0.472 e. The Morgan fingerprint density at radius 2 is 1.01 bits per heavy atom. The maximum atomic E-state index is 13.5. The van der Waals surface area contributed by atoms with E-state index in [1.807, 2.05) is 39.4 Å². The second-order valence-corrected chi connectivity index (χ2v) is 20.5. The molecular formula is C59H102N2O7P+. The lowest BCUT2D eigenvalue weighted by Crippen LogP contribution is -2.47. The van der Waals surface area contributed by atoms with Crippen LogP contribution in [0.1, 0.15) is 201 Å². The molecule has 0 bridgehead atoms. The molecule has 0 fully saturated rings. The van der Waals surface area contributed by atoms with Crippen LogP contribution in [0.25, 0.3) is 0 Å². The molecule has 0 aromatic heterocycles. The third-order valence-corrected chi connectivity index (χ3v) is 12.3. The van der Waals surface area contributed by atoms with Crippen LogP contribution in [0.15, 0.2) is 109 Å². The van der Waals surface area contributed by atoms with E-state index in [9.17, 15) is 19.0 Å². The number of hydrogen-bond acceptors (Lipinski definition) is 6. The number of quaternary nitrogens is 1. The molecule has 0 radical (unpaired) electrons. The zero-order chi connectivity index (χ0) is 50.8. The molecule has 394 valence electrons. The van der Waals surface area contributed by atoms with Crippen LogP contribution in [0.5, 0.6) is 0 Å². The quantitative estimate of drug-likeness (QED) is 0.0156. The lowest BCUT2D eigenvalue weighted by atomic mass is 10.0. The van der Waals surface area contributed by atoms with Gasteiger partial charge in [-0.3, -0.25) is 18.6 Å². The minimum atomic E-state index is -4.47. The summed E-state index contributed by atoms with van der Waals surface area (Å²) in [5.41, 5.74) is 0. The lowest BCUT2D eigenvalue weighted by Gasteiger charge is -2.27. The zero-order valence-corrected chi connectivity index (χ0v) is 45.7. The molecule has 1 amide bonds. The average molecular weight is 982 g/mol. The van der Waals surface area contributed by atoms with Crippen molar-refractivity contribution < 1.29 is 37.3 Å². The van der Waals surface area contributed by atoms with Gasteiger partial charge in [0.2, 0.25) is 5.91 Å². The molecule has 0 rings (SSSR count). The first kappa shape index (κ1) is 65.7. The summed E-state index contributed by atoms with van der Waals surface area (Å²) in [6, 6.07) is -0.887. The number of esters is 1. The molecule has 0 heterocycles. The molecule has 0 aliphatic carbocycles. The van der Waals surface area contributed by atoms with Gasteiger partial charge in [0.1, 0.15) is 19.3 Å². The van der Waals surface area contributed by atoms with Gasteiger partial charge in [0.25, 0.3) is 0 Å². The number of allylic oxidation sites excluding steroid dienone is 17. The predicted molar refractivity (Wildman–Crippen MR) is 295 cm³/mol. The molecule has 3 atom stereocenters. The predicted octanol–water partition coefficient (Wildman–Crippen LogP) is 16.2. The van der Waals surface area contributed by atoms with Gasteiger partial charge in [-0.05, 0) is 89.5 Å². The summed E-state index contributed by atoms with van der Waals surface area (Å²) >= 11 is 0. The standard InChI is InChI=1S/C59H101N2O7P/c1-7-10-13-16-19-22-25-28-29-30-31-34-37-40-43-46-49-52-59(63)68-57(50-47-44-41-38-35-32-26-23-20-17-14-11-8-2)56(55-67-69(64,65)66-54-53-61(4,5)6)60-58(62)51-48-45-42-39-36-33-27-24-21-18-15-12-9-3/h10,12-13,15,18-19,21-22,24,27-29,31,34,40,43,47,50,56-57H,7-9,11,14,16-17,20,23,25-26,30,32-33,35-39,41-42,44-46,48-49,51-55H2,1-6H3,(H-,60,62,64,65)/p+1/b13-10-,15-12+,21-18+,22-19-,27-24-,29-28-,34-31-,43-40-,50-47+. The number of unbranched alkanes of at least 4 members (excludes halogenated alkanes) is 17. The fourth-order valence-electron chi connectivity index (χ4n) is 7.09. The molecule has 0 aliphatic rings. The Hall–Kier alpha value is -3.33. The van der Waals surface area contributed by atoms with E-state index in [0.29, 0.717) is 30.3 Å². The van der Waals surface area contributed by atoms with Crippen LogP contribution in [0.4, 0.5) is 0 Å². The van der Waals surface area contributed by atoms with E-state index >= 15 is 0 Å². The third-order valence-electron chi connectivity index (χ3n) is 11.3. The van der Waals surface area contributed by atoms with Crippen molar-refractivity contribution in [3.8, 4) is 0 Å². The van der Waals surface area contributed by atoms with Gasteiger partial charge < -0.3 is 19.4 Å². The highest BCUT2D eigenvalue weighted by Crippen LogP contribution is 2.43. The number of carbonyl (C=O) groups is 2. The fourth-order valence-corrected chi connectivity index (χ4v) is 7.83. The molecule has 2 N–H and O–H groups in total. The van der Waals surface area contributed by atoms with Crippen molar-refractivity contribution in [1.29, 1.82) is 0 Å². The Balaban J connectivity index is 5.55. The molecule has 9 nitrogen and oxygen atoms in total. The molecule has 0 aromatic carbocycles. The number of nitrogens with zero attached hydrogens (tertiary/aromatic N) is 1. The Labute approximate surface area is 423 Å². The number of carbonyl (C=O) groups excluding carboxylic acids is 2.